The zero-order valence-electron chi connectivity index (χ0n) is 29.3. The summed E-state index contributed by atoms with van der Waals surface area (Å²) in [5.74, 6) is -1.07. The van der Waals surface area contributed by atoms with Crippen molar-refractivity contribution in [1.29, 1.82) is 0 Å². The van der Waals surface area contributed by atoms with E-state index in [1.165, 1.54) is 79.4 Å². The lowest BCUT2D eigenvalue weighted by Crippen LogP contribution is -2.34. The van der Waals surface area contributed by atoms with E-state index in [4.69, 9.17) is 18.9 Å². The molecule has 0 heterocycles. The lowest BCUT2D eigenvalue weighted by molar-refractivity contribution is -0.165. The van der Waals surface area contributed by atoms with Gasteiger partial charge >= 0.3 is 11.9 Å². The second kappa shape index (κ2) is 31.1. The predicted molar refractivity (Wildman–Crippen MR) is 176 cm³/mol. The second-order valence-electron chi connectivity index (χ2n) is 11.4. The van der Waals surface area contributed by atoms with E-state index < -0.39 is 36.4 Å². The topological polar surface area (TPSA) is 129 Å². The van der Waals surface area contributed by atoms with Crippen LogP contribution in [0.4, 0.5) is 0 Å². The Morgan fingerprint density at radius 3 is 1.09 bits per heavy atom. The maximum absolute atomic E-state index is 12.0. The third-order valence-corrected chi connectivity index (χ3v) is 7.47. The molecule has 0 aromatic rings. The molecule has 0 aromatic heterocycles. The number of ether oxygens (including phenoxy) is 4. The summed E-state index contributed by atoms with van der Waals surface area (Å²) < 4.78 is 21.0. The molecule has 0 fully saturated rings. The molecule has 0 bridgehead atoms. The normalized spacial score (nSPS) is 13.6. The van der Waals surface area contributed by atoms with Gasteiger partial charge in [0.2, 0.25) is 0 Å². The largest absolute Gasteiger partial charge is 0.452 e. The van der Waals surface area contributed by atoms with Crippen molar-refractivity contribution in [2.24, 2.45) is 0 Å². The first kappa shape index (κ1) is 44.2. The van der Waals surface area contributed by atoms with E-state index in [0.29, 0.717) is 38.8 Å². The Morgan fingerprint density at radius 1 is 0.500 bits per heavy atom. The van der Waals surface area contributed by atoms with E-state index in [9.17, 15) is 19.2 Å². The van der Waals surface area contributed by atoms with Crippen LogP contribution in [-0.4, -0.2) is 89.3 Å². The Morgan fingerprint density at radius 2 is 0.818 bits per heavy atom. The Kier molecular flexibility index (Phi) is 31.3. The van der Waals surface area contributed by atoms with Gasteiger partial charge in [-0.1, -0.05) is 78.1 Å². The molecule has 44 heavy (non-hydrogen) atoms. The molecule has 4 atom stereocenters. The fourth-order valence-corrected chi connectivity index (χ4v) is 4.56. The van der Waals surface area contributed by atoms with Gasteiger partial charge in [0.05, 0.1) is 0 Å². The quantitative estimate of drug-likeness (QED) is 0.0817. The lowest BCUT2D eigenvalue weighted by Gasteiger charge is -2.19. The maximum atomic E-state index is 12.0. The number of ketones is 2. The minimum atomic E-state index is -0.633. The van der Waals surface area contributed by atoms with Crippen molar-refractivity contribution >= 4 is 23.5 Å². The molecule has 10 heteroatoms. The predicted octanol–water partition coefficient (Wildman–Crippen LogP) is 5.72. The monoisotopic (exact) mass is 630 g/mol. The number of rotatable bonds is 28. The van der Waals surface area contributed by atoms with Gasteiger partial charge in [-0.05, 0) is 79.6 Å². The number of unbranched alkanes of at least 4 members (excludes halogenated alkanes) is 10. The number of hydrogen-bond donors (Lipinski definition) is 2. The number of hydrogen-bond acceptors (Lipinski definition) is 10. The number of carbonyl (C=O) groups is 4. The van der Waals surface area contributed by atoms with E-state index >= 15 is 0 Å². The molecule has 0 unspecified atom stereocenters. The highest BCUT2D eigenvalue weighted by atomic mass is 16.6. The van der Waals surface area contributed by atoms with Crippen molar-refractivity contribution in [3.05, 3.63) is 0 Å². The molecule has 2 N–H and O–H groups in total. The second-order valence-corrected chi connectivity index (χ2v) is 11.4. The smallest absolute Gasteiger partial charge is 0.335 e. The third-order valence-electron chi connectivity index (χ3n) is 7.47. The highest BCUT2D eigenvalue weighted by molar-refractivity contribution is 5.85. The van der Waals surface area contributed by atoms with Crippen molar-refractivity contribution in [3.8, 4) is 0 Å². The third kappa shape index (κ3) is 24.4. The highest BCUT2D eigenvalue weighted by Crippen LogP contribution is 2.14. The molecule has 0 aliphatic rings. The van der Waals surface area contributed by atoms with E-state index in [2.05, 4.69) is 24.5 Å². The fraction of sp³-hybridized carbons (Fsp3) is 0.882. The first-order chi connectivity index (χ1) is 21.1. The molecule has 0 rings (SSSR count). The minimum Gasteiger partial charge on any atom is -0.452 e. The van der Waals surface area contributed by atoms with Crippen molar-refractivity contribution in [2.75, 3.05) is 41.4 Å². The van der Waals surface area contributed by atoms with Crippen LogP contribution in [0.5, 0.6) is 0 Å². The Balaban J connectivity index is 0. The maximum Gasteiger partial charge on any atom is 0.335 e. The molecule has 0 aliphatic carbocycles. The zero-order valence-corrected chi connectivity index (χ0v) is 29.3. The zero-order chi connectivity index (χ0) is 33.6. The minimum absolute atomic E-state index is 0.0922. The van der Waals surface area contributed by atoms with E-state index in [1.54, 1.807) is 0 Å². The fourth-order valence-electron chi connectivity index (χ4n) is 4.56. The molecule has 260 valence electrons. The van der Waals surface area contributed by atoms with Gasteiger partial charge in [-0.2, -0.15) is 0 Å². The first-order valence-corrected chi connectivity index (χ1v) is 16.9. The van der Waals surface area contributed by atoms with Crippen LogP contribution in [0.3, 0.4) is 0 Å². The van der Waals surface area contributed by atoms with Crippen LogP contribution in [0.15, 0.2) is 0 Å². The Labute approximate surface area is 268 Å². The van der Waals surface area contributed by atoms with Gasteiger partial charge in [0.25, 0.3) is 0 Å². The van der Waals surface area contributed by atoms with Crippen LogP contribution in [0.2, 0.25) is 0 Å². The number of Topliss-reactive ketones (excluding diaryl/α,β-unsaturated/α-hetero) is 2. The molecule has 10 nitrogen and oxygen atoms in total. The van der Waals surface area contributed by atoms with Crippen molar-refractivity contribution < 1.29 is 38.1 Å². The molecule has 0 aliphatic heterocycles. The first-order valence-electron chi connectivity index (χ1n) is 16.9. The summed E-state index contributed by atoms with van der Waals surface area (Å²) >= 11 is 0. The summed E-state index contributed by atoms with van der Waals surface area (Å²) in [4.78, 5) is 47.4. The Hall–Kier alpha value is -1.88. The van der Waals surface area contributed by atoms with Crippen molar-refractivity contribution in [2.45, 2.75) is 155 Å². The summed E-state index contributed by atoms with van der Waals surface area (Å²) in [6.45, 7) is 8.65. The molecule has 0 amide bonds. The summed E-state index contributed by atoms with van der Waals surface area (Å²) in [6, 6.07) is 0. The van der Waals surface area contributed by atoms with E-state index in [-0.39, 0.29) is 11.6 Å². The van der Waals surface area contributed by atoms with Crippen LogP contribution < -0.4 is 10.6 Å². The van der Waals surface area contributed by atoms with Crippen LogP contribution in [0.1, 0.15) is 130 Å². The van der Waals surface area contributed by atoms with Gasteiger partial charge in [0.15, 0.2) is 36.0 Å². The van der Waals surface area contributed by atoms with E-state index in [1.807, 2.05) is 14.1 Å². The SMILES string of the molecule is CCCCCCCC[C@@H](OC(=O)[C@H](CCNC)OC)C(C)=O.CCCCCCCC[C@H](OC(=O)[C@H](CCNC)OC)C(C)=O. The summed E-state index contributed by atoms with van der Waals surface area (Å²) in [5.41, 5.74) is 0. The molecule has 0 spiro atoms. The van der Waals surface area contributed by atoms with Gasteiger partial charge in [0.1, 0.15) is 0 Å². The highest BCUT2D eigenvalue weighted by Gasteiger charge is 2.26. The van der Waals surface area contributed by atoms with Gasteiger partial charge in [-0.3, -0.25) is 9.59 Å². The van der Waals surface area contributed by atoms with Crippen LogP contribution in [0.25, 0.3) is 0 Å². The Bertz CT molecular complexity index is 674. The van der Waals surface area contributed by atoms with Gasteiger partial charge in [-0.25, -0.2) is 9.59 Å². The van der Waals surface area contributed by atoms with Crippen LogP contribution in [0, 0.1) is 0 Å². The van der Waals surface area contributed by atoms with Gasteiger partial charge in [-0.15, -0.1) is 0 Å². The number of esters is 2. The summed E-state index contributed by atoms with van der Waals surface area (Å²) in [6.07, 6.45) is 13.5. The average molecular weight is 631 g/mol. The number of nitrogens with one attached hydrogen (secondary N) is 2. The van der Waals surface area contributed by atoms with E-state index in [0.717, 1.165) is 25.7 Å². The molecular formula is C34H66N2O8. The van der Waals surface area contributed by atoms with Gasteiger partial charge in [0, 0.05) is 14.2 Å². The summed E-state index contributed by atoms with van der Waals surface area (Å²) in [5, 5.41) is 5.93. The molecule has 0 aromatic carbocycles. The molecule has 0 saturated carbocycles. The van der Waals surface area contributed by atoms with Crippen LogP contribution >= 0.6 is 0 Å². The van der Waals surface area contributed by atoms with Crippen LogP contribution in [-0.2, 0) is 38.1 Å². The lowest BCUT2D eigenvalue weighted by atomic mass is 10.1. The van der Waals surface area contributed by atoms with Gasteiger partial charge < -0.3 is 29.6 Å². The molecule has 0 radical (unpaired) electrons. The number of methoxy groups -OCH3 is 2. The number of carbonyl (C=O) groups excluding carboxylic acids is 4. The average Bonchev–Trinajstić information content (AvgIpc) is 3.00. The summed E-state index contributed by atoms with van der Waals surface area (Å²) in [7, 11) is 6.60. The van der Waals surface area contributed by atoms with Crippen molar-refractivity contribution in [1.82, 2.24) is 10.6 Å². The standard InChI is InChI=1S/2C17H33NO4/c2*1-5-6-7-8-9-10-11-15(14(2)19)22-17(20)16(21-4)12-13-18-3/h2*15-16,18H,5-13H2,1-4H3/t15-,16+;15-,16-/m10/s1. The molecule has 0 saturated heterocycles. The molecular weight excluding hydrogens is 564 g/mol. The van der Waals surface area contributed by atoms with Crippen molar-refractivity contribution in [3.63, 3.8) is 0 Å².